The molecule has 1 amide bonds. The molecule has 0 atom stereocenters. The maximum atomic E-state index is 12.8. The number of fused-ring (bicyclic) bond motifs is 1. The van der Waals surface area contributed by atoms with Crippen LogP contribution in [0.3, 0.4) is 0 Å². The van der Waals surface area contributed by atoms with Gasteiger partial charge in [0.2, 0.25) is 0 Å². The first-order valence-electron chi connectivity index (χ1n) is 8.60. The van der Waals surface area contributed by atoms with Crippen molar-refractivity contribution in [2.24, 2.45) is 0 Å². The third kappa shape index (κ3) is 3.23. The molecule has 3 aromatic heterocycles. The summed E-state index contributed by atoms with van der Waals surface area (Å²) < 4.78 is 6.85. The SMILES string of the molecule is COc1ccccc1NC(=O)c1cnn2ccc(N(C)c3cccnc3)nc12. The maximum Gasteiger partial charge on any atom is 0.261 e. The van der Waals surface area contributed by atoms with Crippen molar-refractivity contribution in [3.63, 3.8) is 0 Å². The topological polar surface area (TPSA) is 84.6 Å². The molecule has 28 heavy (non-hydrogen) atoms. The van der Waals surface area contributed by atoms with Gasteiger partial charge in [0, 0.05) is 19.4 Å². The van der Waals surface area contributed by atoms with Crippen LogP contribution in [0.1, 0.15) is 10.4 Å². The van der Waals surface area contributed by atoms with E-state index in [0.717, 1.165) is 5.69 Å². The van der Waals surface area contributed by atoms with Gasteiger partial charge in [0.1, 0.15) is 17.1 Å². The van der Waals surface area contributed by atoms with Crippen LogP contribution in [-0.2, 0) is 0 Å². The number of anilines is 3. The molecule has 3 heterocycles. The molecule has 140 valence electrons. The third-order valence-electron chi connectivity index (χ3n) is 4.33. The maximum absolute atomic E-state index is 12.8. The van der Waals surface area contributed by atoms with Crippen molar-refractivity contribution in [1.29, 1.82) is 0 Å². The number of rotatable bonds is 5. The summed E-state index contributed by atoms with van der Waals surface area (Å²) in [7, 11) is 3.45. The zero-order valence-electron chi connectivity index (χ0n) is 15.4. The highest BCUT2D eigenvalue weighted by Gasteiger charge is 2.17. The minimum absolute atomic E-state index is 0.312. The van der Waals surface area contributed by atoms with E-state index in [4.69, 9.17) is 4.74 Å². The highest BCUT2D eigenvalue weighted by molar-refractivity contribution is 6.08. The number of hydrogen-bond acceptors (Lipinski definition) is 6. The molecule has 4 rings (SSSR count). The average Bonchev–Trinajstić information content (AvgIpc) is 3.17. The number of methoxy groups -OCH3 is 1. The Labute approximate surface area is 161 Å². The minimum Gasteiger partial charge on any atom is -0.495 e. The van der Waals surface area contributed by atoms with E-state index in [9.17, 15) is 4.79 Å². The summed E-state index contributed by atoms with van der Waals surface area (Å²) in [6.07, 6.45) is 6.73. The van der Waals surface area contributed by atoms with Gasteiger partial charge in [-0.05, 0) is 30.3 Å². The van der Waals surface area contributed by atoms with E-state index in [1.807, 2.05) is 42.3 Å². The second-order valence-electron chi connectivity index (χ2n) is 6.04. The van der Waals surface area contributed by atoms with E-state index in [1.54, 1.807) is 42.3 Å². The molecule has 0 aliphatic rings. The van der Waals surface area contributed by atoms with Crippen molar-refractivity contribution in [2.75, 3.05) is 24.4 Å². The van der Waals surface area contributed by atoms with Crippen LogP contribution < -0.4 is 15.0 Å². The molecular weight excluding hydrogens is 356 g/mol. The Morgan fingerprint density at radius 1 is 1.14 bits per heavy atom. The molecule has 0 saturated heterocycles. The smallest absolute Gasteiger partial charge is 0.261 e. The van der Waals surface area contributed by atoms with Crippen LogP contribution >= 0.6 is 0 Å². The number of para-hydroxylation sites is 2. The van der Waals surface area contributed by atoms with Crippen LogP contribution in [0.5, 0.6) is 5.75 Å². The molecule has 0 aliphatic carbocycles. The number of pyridine rings is 1. The summed E-state index contributed by atoms with van der Waals surface area (Å²) in [4.78, 5) is 23.5. The molecule has 0 aliphatic heterocycles. The van der Waals surface area contributed by atoms with Gasteiger partial charge in [-0.2, -0.15) is 5.10 Å². The molecule has 1 aromatic carbocycles. The number of benzene rings is 1. The van der Waals surface area contributed by atoms with Gasteiger partial charge in [0.25, 0.3) is 5.91 Å². The molecule has 0 radical (unpaired) electrons. The van der Waals surface area contributed by atoms with Gasteiger partial charge in [-0.25, -0.2) is 9.50 Å². The fraction of sp³-hybridized carbons (Fsp3) is 0.100. The van der Waals surface area contributed by atoms with E-state index in [1.165, 1.54) is 6.20 Å². The van der Waals surface area contributed by atoms with Crippen LogP contribution in [0.2, 0.25) is 0 Å². The molecular formula is C20H18N6O2. The molecule has 0 bridgehead atoms. The van der Waals surface area contributed by atoms with Crippen LogP contribution in [-0.4, -0.2) is 39.6 Å². The average molecular weight is 374 g/mol. The lowest BCUT2D eigenvalue weighted by Crippen LogP contribution is -2.14. The number of carbonyl (C=O) groups is 1. The summed E-state index contributed by atoms with van der Waals surface area (Å²) >= 11 is 0. The van der Waals surface area contributed by atoms with Crippen LogP contribution in [0.4, 0.5) is 17.2 Å². The summed E-state index contributed by atoms with van der Waals surface area (Å²) in [5.74, 6) is 0.942. The number of carbonyl (C=O) groups excluding carboxylic acids is 1. The van der Waals surface area contributed by atoms with E-state index < -0.39 is 0 Å². The zero-order valence-corrected chi connectivity index (χ0v) is 15.4. The number of amides is 1. The Kier molecular flexibility index (Phi) is 4.59. The lowest BCUT2D eigenvalue weighted by Gasteiger charge is -2.17. The molecule has 0 fully saturated rings. The fourth-order valence-electron chi connectivity index (χ4n) is 2.83. The number of nitrogens with one attached hydrogen (secondary N) is 1. The van der Waals surface area contributed by atoms with Crippen molar-refractivity contribution in [1.82, 2.24) is 19.6 Å². The van der Waals surface area contributed by atoms with Crippen molar-refractivity contribution in [2.45, 2.75) is 0 Å². The van der Waals surface area contributed by atoms with Gasteiger partial charge in [-0.1, -0.05) is 12.1 Å². The number of nitrogens with zero attached hydrogens (tertiary/aromatic N) is 5. The van der Waals surface area contributed by atoms with Crippen molar-refractivity contribution < 1.29 is 9.53 Å². The molecule has 0 unspecified atom stereocenters. The van der Waals surface area contributed by atoms with E-state index >= 15 is 0 Å². The predicted octanol–water partition coefficient (Wildman–Crippen LogP) is 3.15. The van der Waals surface area contributed by atoms with Crippen molar-refractivity contribution in [3.05, 3.63) is 72.8 Å². The van der Waals surface area contributed by atoms with Gasteiger partial charge >= 0.3 is 0 Å². The van der Waals surface area contributed by atoms with Crippen LogP contribution in [0.15, 0.2) is 67.3 Å². The predicted molar refractivity (Wildman–Crippen MR) is 106 cm³/mol. The quantitative estimate of drug-likeness (QED) is 0.578. The first-order valence-corrected chi connectivity index (χ1v) is 8.60. The number of hydrogen-bond donors (Lipinski definition) is 1. The van der Waals surface area contributed by atoms with Crippen LogP contribution in [0.25, 0.3) is 5.65 Å². The summed E-state index contributed by atoms with van der Waals surface area (Å²) in [5, 5.41) is 7.08. The summed E-state index contributed by atoms with van der Waals surface area (Å²) in [6, 6.07) is 12.8. The Hall–Kier alpha value is -3.94. The lowest BCUT2D eigenvalue weighted by molar-refractivity contribution is 0.102. The second-order valence-corrected chi connectivity index (χ2v) is 6.04. The van der Waals surface area contributed by atoms with Crippen molar-refractivity contribution in [3.8, 4) is 5.75 Å². The van der Waals surface area contributed by atoms with E-state index in [2.05, 4.69) is 20.4 Å². The molecule has 8 heteroatoms. The molecule has 1 N–H and O–H groups in total. The van der Waals surface area contributed by atoms with Crippen LogP contribution in [0, 0.1) is 0 Å². The Morgan fingerprint density at radius 2 is 2.00 bits per heavy atom. The highest BCUT2D eigenvalue weighted by Crippen LogP contribution is 2.25. The third-order valence-corrected chi connectivity index (χ3v) is 4.33. The van der Waals surface area contributed by atoms with Gasteiger partial charge in [0.05, 0.1) is 30.9 Å². The number of aromatic nitrogens is 4. The first-order chi connectivity index (χ1) is 13.7. The van der Waals surface area contributed by atoms with Gasteiger partial charge in [0.15, 0.2) is 5.65 Å². The summed E-state index contributed by atoms with van der Waals surface area (Å²) in [5.41, 5.74) is 2.30. The van der Waals surface area contributed by atoms with Crippen molar-refractivity contribution >= 4 is 28.7 Å². The molecule has 0 saturated carbocycles. The molecule has 4 aromatic rings. The highest BCUT2D eigenvalue weighted by atomic mass is 16.5. The molecule has 0 spiro atoms. The largest absolute Gasteiger partial charge is 0.495 e. The monoisotopic (exact) mass is 374 g/mol. The molecule has 8 nitrogen and oxygen atoms in total. The number of ether oxygens (including phenoxy) is 1. The van der Waals surface area contributed by atoms with E-state index in [0.29, 0.717) is 28.5 Å². The Bertz CT molecular complexity index is 1130. The standard InChI is InChI=1S/C20H18N6O2/c1-25(14-6-5-10-21-12-14)18-9-11-26-19(24-18)15(13-22-26)20(27)23-16-7-3-4-8-17(16)28-2/h3-13H,1-2H3,(H,23,27). The Balaban J connectivity index is 1.67. The minimum atomic E-state index is -0.312. The fourth-order valence-corrected chi connectivity index (χ4v) is 2.83. The van der Waals surface area contributed by atoms with E-state index in [-0.39, 0.29) is 5.91 Å². The first kappa shape index (κ1) is 17.5. The van der Waals surface area contributed by atoms with Gasteiger partial charge in [-0.3, -0.25) is 9.78 Å². The Morgan fingerprint density at radius 3 is 2.79 bits per heavy atom. The zero-order chi connectivity index (χ0) is 19.5. The second kappa shape index (κ2) is 7.36. The normalized spacial score (nSPS) is 10.6. The lowest BCUT2D eigenvalue weighted by atomic mass is 10.2. The summed E-state index contributed by atoms with van der Waals surface area (Å²) in [6.45, 7) is 0. The van der Waals surface area contributed by atoms with Gasteiger partial charge in [-0.15, -0.1) is 0 Å². The van der Waals surface area contributed by atoms with Gasteiger partial charge < -0.3 is 15.0 Å².